The molecule has 0 saturated heterocycles. The van der Waals surface area contributed by atoms with Gasteiger partial charge in [-0.2, -0.15) is 0 Å². The summed E-state index contributed by atoms with van der Waals surface area (Å²) in [6, 6.07) is 54.4. The van der Waals surface area contributed by atoms with Crippen LogP contribution in [0.5, 0.6) is 0 Å². The fourth-order valence-corrected chi connectivity index (χ4v) is 4.79. The zero-order valence-electron chi connectivity index (χ0n) is 18.3. The molecule has 0 aliphatic carbocycles. The quantitative estimate of drug-likeness (QED) is 0.199. The van der Waals surface area contributed by atoms with Gasteiger partial charge in [-0.05, 0) is 36.4 Å². The monoisotopic (exact) mass is 539 g/mol. The van der Waals surface area contributed by atoms with E-state index < -0.39 is 0 Å². The SMILES string of the molecule is [I-].c1ccc(C(c2ccccc2)[N+](c2ccccc2)(c2ccccc2)c2ccccc2)cc1. The maximum absolute atomic E-state index is 2.25. The Labute approximate surface area is 213 Å². The van der Waals surface area contributed by atoms with Gasteiger partial charge in [-0.25, -0.2) is 4.48 Å². The van der Waals surface area contributed by atoms with Gasteiger partial charge in [0, 0.05) is 11.1 Å². The number of benzene rings is 5. The van der Waals surface area contributed by atoms with Crippen molar-refractivity contribution in [2.45, 2.75) is 6.04 Å². The summed E-state index contributed by atoms with van der Waals surface area (Å²) in [5.74, 6) is 0. The molecule has 0 aromatic heterocycles. The topological polar surface area (TPSA) is 0 Å². The van der Waals surface area contributed by atoms with Crippen LogP contribution in [0.15, 0.2) is 152 Å². The van der Waals surface area contributed by atoms with Crippen molar-refractivity contribution in [1.82, 2.24) is 4.48 Å². The molecule has 0 bridgehead atoms. The first-order valence-electron chi connectivity index (χ1n) is 11.1. The zero-order chi connectivity index (χ0) is 21.6. The van der Waals surface area contributed by atoms with Crippen LogP contribution >= 0.6 is 0 Å². The van der Waals surface area contributed by atoms with Crippen LogP contribution in [0.25, 0.3) is 0 Å². The molecule has 0 atom stereocenters. The Morgan fingerprint density at radius 3 is 0.848 bits per heavy atom. The van der Waals surface area contributed by atoms with E-state index >= 15 is 0 Å². The lowest BCUT2D eigenvalue weighted by atomic mass is 9.91. The first-order valence-corrected chi connectivity index (χ1v) is 11.1. The molecule has 0 amide bonds. The first kappa shape index (κ1) is 23.0. The van der Waals surface area contributed by atoms with Crippen LogP contribution < -0.4 is 28.5 Å². The molecule has 33 heavy (non-hydrogen) atoms. The van der Waals surface area contributed by atoms with E-state index in [1.807, 2.05) is 0 Å². The Balaban J connectivity index is 0.00000259. The highest BCUT2D eigenvalue weighted by molar-refractivity contribution is 5.73. The molecule has 162 valence electrons. The second kappa shape index (κ2) is 10.6. The van der Waals surface area contributed by atoms with Crippen molar-refractivity contribution in [2.24, 2.45) is 0 Å². The summed E-state index contributed by atoms with van der Waals surface area (Å²) in [4.78, 5) is 0. The average Bonchev–Trinajstić information content (AvgIpc) is 2.90. The molecule has 0 aliphatic heterocycles. The lowest BCUT2D eigenvalue weighted by molar-refractivity contribution is -0.00000615. The minimum Gasteiger partial charge on any atom is -1.00 e. The fraction of sp³-hybridized carbons (Fsp3) is 0.0323. The molecular formula is C31H26IN. The van der Waals surface area contributed by atoms with Crippen LogP contribution in [0.1, 0.15) is 17.2 Å². The summed E-state index contributed by atoms with van der Waals surface area (Å²) in [6.07, 6.45) is 0. The lowest BCUT2D eigenvalue weighted by Crippen LogP contribution is -3.00. The molecule has 5 aromatic carbocycles. The Bertz CT molecular complexity index is 1110. The Morgan fingerprint density at radius 1 is 0.333 bits per heavy atom. The predicted molar refractivity (Wildman–Crippen MR) is 135 cm³/mol. The van der Waals surface area contributed by atoms with Crippen molar-refractivity contribution in [3.63, 3.8) is 0 Å². The summed E-state index contributed by atoms with van der Waals surface area (Å²) in [6.45, 7) is 0. The number of quaternary nitrogens is 1. The normalized spacial score (nSPS) is 11.1. The fourth-order valence-electron chi connectivity index (χ4n) is 4.79. The third-order valence-corrected chi connectivity index (χ3v) is 6.11. The van der Waals surface area contributed by atoms with Crippen molar-refractivity contribution in [2.75, 3.05) is 0 Å². The Kier molecular flexibility index (Phi) is 7.38. The molecule has 0 aliphatic rings. The minimum atomic E-state index is 0. The highest BCUT2D eigenvalue weighted by atomic mass is 127. The van der Waals surface area contributed by atoms with Crippen molar-refractivity contribution in [1.29, 1.82) is 0 Å². The minimum absolute atomic E-state index is 0. The van der Waals surface area contributed by atoms with Gasteiger partial charge in [-0.15, -0.1) is 0 Å². The van der Waals surface area contributed by atoms with Crippen molar-refractivity contribution in [3.8, 4) is 0 Å². The van der Waals surface area contributed by atoms with Gasteiger partial charge in [0.2, 0.25) is 0 Å². The van der Waals surface area contributed by atoms with Crippen LogP contribution in [0.2, 0.25) is 0 Å². The van der Waals surface area contributed by atoms with Crippen molar-refractivity contribution in [3.05, 3.63) is 163 Å². The predicted octanol–water partition coefficient (Wildman–Crippen LogP) is 5.45. The van der Waals surface area contributed by atoms with Crippen molar-refractivity contribution >= 4 is 17.1 Å². The molecule has 0 saturated carbocycles. The summed E-state index contributed by atoms with van der Waals surface area (Å²) >= 11 is 0. The van der Waals surface area contributed by atoms with Gasteiger partial charge in [-0.3, -0.25) is 0 Å². The number of hydrogen-bond acceptors (Lipinski definition) is 0. The standard InChI is InChI=1S/C31H26N.HI/c1-6-16-26(17-7-1)31(27-18-8-2-9-19-27)32(28-20-10-3-11-21-28,29-22-12-4-13-23-29)30-24-14-5-15-25-30;/h1-25,31H;1H/q+1;/p-1. The van der Waals surface area contributed by atoms with Gasteiger partial charge in [0.1, 0.15) is 17.1 Å². The number of rotatable bonds is 6. The third-order valence-electron chi connectivity index (χ3n) is 6.11. The molecule has 5 rings (SSSR count). The number of para-hydroxylation sites is 3. The third kappa shape index (κ3) is 4.37. The summed E-state index contributed by atoms with van der Waals surface area (Å²) in [5.41, 5.74) is 6.22. The van der Waals surface area contributed by atoms with E-state index in [0.29, 0.717) is 4.48 Å². The lowest BCUT2D eigenvalue weighted by Gasteiger charge is -2.44. The maximum atomic E-state index is 2.25. The van der Waals surface area contributed by atoms with Gasteiger partial charge in [0.05, 0.1) is 0 Å². The van der Waals surface area contributed by atoms with Crippen LogP contribution in [0.3, 0.4) is 0 Å². The van der Waals surface area contributed by atoms with E-state index in [9.17, 15) is 0 Å². The zero-order valence-corrected chi connectivity index (χ0v) is 20.5. The molecule has 0 spiro atoms. The van der Waals surface area contributed by atoms with Gasteiger partial charge in [-0.1, -0.05) is 115 Å². The van der Waals surface area contributed by atoms with Gasteiger partial charge in [0.15, 0.2) is 6.04 Å². The van der Waals surface area contributed by atoms with Gasteiger partial charge >= 0.3 is 0 Å². The number of halogens is 1. The second-order valence-electron chi connectivity index (χ2n) is 7.95. The van der Waals surface area contributed by atoms with E-state index in [0.717, 1.165) is 0 Å². The van der Waals surface area contributed by atoms with Crippen LogP contribution in [-0.2, 0) is 0 Å². The smallest absolute Gasteiger partial charge is 0.154 e. The highest BCUT2D eigenvalue weighted by Crippen LogP contribution is 2.53. The highest BCUT2D eigenvalue weighted by Gasteiger charge is 2.45. The molecule has 0 unspecified atom stereocenters. The Hall–Kier alpha value is -3.21. The van der Waals surface area contributed by atoms with E-state index in [1.165, 1.54) is 28.2 Å². The van der Waals surface area contributed by atoms with Gasteiger partial charge < -0.3 is 24.0 Å². The molecule has 1 nitrogen and oxygen atoms in total. The van der Waals surface area contributed by atoms with Crippen LogP contribution in [0, 0.1) is 0 Å². The van der Waals surface area contributed by atoms with Crippen LogP contribution in [-0.4, -0.2) is 0 Å². The molecule has 5 aromatic rings. The van der Waals surface area contributed by atoms with Crippen LogP contribution in [0.4, 0.5) is 17.1 Å². The summed E-state index contributed by atoms with van der Waals surface area (Å²) in [7, 11) is 0. The number of nitrogens with zero attached hydrogens (tertiary/aromatic N) is 1. The summed E-state index contributed by atoms with van der Waals surface area (Å²) < 4.78 is 0.566. The molecular weight excluding hydrogens is 513 g/mol. The number of hydrogen-bond donors (Lipinski definition) is 0. The van der Waals surface area contributed by atoms with E-state index in [2.05, 4.69) is 152 Å². The Morgan fingerprint density at radius 2 is 0.576 bits per heavy atom. The van der Waals surface area contributed by atoms with E-state index in [-0.39, 0.29) is 30.0 Å². The molecule has 2 heteroatoms. The average molecular weight is 539 g/mol. The molecule has 0 fully saturated rings. The van der Waals surface area contributed by atoms with E-state index in [4.69, 9.17) is 0 Å². The summed E-state index contributed by atoms with van der Waals surface area (Å²) in [5, 5.41) is 0. The maximum Gasteiger partial charge on any atom is 0.154 e. The molecule has 0 radical (unpaired) electrons. The first-order chi connectivity index (χ1) is 15.9. The molecule has 0 N–H and O–H groups in total. The van der Waals surface area contributed by atoms with Gasteiger partial charge in [0.25, 0.3) is 0 Å². The van der Waals surface area contributed by atoms with Crippen molar-refractivity contribution < 1.29 is 24.0 Å². The molecule has 0 heterocycles. The second-order valence-corrected chi connectivity index (χ2v) is 7.95. The largest absolute Gasteiger partial charge is 1.00 e. The van der Waals surface area contributed by atoms with E-state index in [1.54, 1.807) is 0 Å².